The first-order valence-corrected chi connectivity index (χ1v) is 8.83. The first-order chi connectivity index (χ1) is 10.6. The lowest BCUT2D eigenvalue weighted by Gasteiger charge is -2.45. The molecule has 2 bridgehead atoms. The summed E-state index contributed by atoms with van der Waals surface area (Å²) < 4.78 is 0. The average Bonchev–Trinajstić information content (AvgIpc) is 3.05. The van der Waals surface area contributed by atoms with Gasteiger partial charge in [-0.2, -0.15) is 0 Å². The van der Waals surface area contributed by atoms with E-state index in [-0.39, 0.29) is 11.7 Å². The minimum atomic E-state index is 0.184. The molecule has 1 aromatic rings. The van der Waals surface area contributed by atoms with Gasteiger partial charge in [0.25, 0.3) is 0 Å². The molecule has 4 rings (SSSR count). The number of piperidine rings is 1. The van der Waals surface area contributed by atoms with Gasteiger partial charge in [0.2, 0.25) is 5.91 Å². The summed E-state index contributed by atoms with van der Waals surface area (Å²) in [5.41, 5.74) is 2.35. The number of likely N-dealkylation sites (tertiary alicyclic amines) is 1. The van der Waals surface area contributed by atoms with Crippen LogP contribution in [0.15, 0.2) is 12.1 Å². The third-order valence-corrected chi connectivity index (χ3v) is 6.21. The lowest BCUT2D eigenvalue weighted by atomic mass is 9.75. The van der Waals surface area contributed by atoms with Crippen LogP contribution in [0.1, 0.15) is 55.6 Å². The Morgan fingerprint density at radius 1 is 1.23 bits per heavy atom. The second kappa shape index (κ2) is 5.45. The molecule has 0 aromatic heterocycles. The van der Waals surface area contributed by atoms with Gasteiger partial charge in [0, 0.05) is 18.5 Å². The molecule has 1 saturated carbocycles. The number of phenolic OH excluding ortho intramolecular Hbond substituents is 1. The third kappa shape index (κ3) is 2.21. The SMILES string of the molecule is O=C(C1CCCC1)N1CC[C@@H]2C[C@H]1Cc1ccc(O)c(Cl)c12. The van der Waals surface area contributed by atoms with Gasteiger partial charge in [-0.3, -0.25) is 4.79 Å². The van der Waals surface area contributed by atoms with Crippen LogP contribution in [0, 0.1) is 5.92 Å². The van der Waals surface area contributed by atoms with E-state index in [1.807, 2.05) is 6.07 Å². The van der Waals surface area contributed by atoms with Crippen LogP contribution in [-0.4, -0.2) is 28.5 Å². The maximum absolute atomic E-state index is 12.8. The summed E-state index contributed by atoms with van der Waals surface area (Å²) in [4.78, 5) is 14.9. The average molecular weight is 320 g/mol. The number of carbonyl (C=O) groups excluding carboxylic acids is 1. The van der Waals surface area contributed by atoms with Crippen LogP contribution < -0.4 is 0 Å². The summed E-state index contributed by atoms with van der Waals surface area (Å²) >= 11 is 6.33. The number of nitrogens with zero attached hydrogens (tertiary/aromatic N) is 1. The molecule has 1 saturated heterocycles. The van der Waals surface area contributed by atoms with Crippen LogP contribution in [0.4, 0.5) is 0 Å². The Kier molecular flexibility index (Phi) is 3.56. The number of halogens is 1. The highest BCUT2D eigenvalue weighted by atomic mass is 35.5. The summed E-state index contributed by atoms with van der Waals surface area (Å²) in [5.74, 6) is 1.22. The monoisotopic (exact) mass is 319 g/mol. The lowest BCUT2D eigenvalue weighted by molar-refractivity contribution is -0.139. The number of aromatic hydroxyl groups is 1. The second-order valence-corrected chi connectivity index (χ2v) is 7.44. The van der Waals surface area contributed by atoms with E-state index >= 15 is 0 Å². The van der Waals surface area contributed by atoms with Crippen LogP contribution in [0.3, 0.4) is 0 Å². The summed E-state index contributed by atoms with van der Waals surface area (Å²) in [6, 6.07) is 3.99. The number of benzene rings is 1. The van der Waals surface area contributed by atoms with Crippen molar-refractivity contribution in [1.82, 2.24) is 4.90 Å². The van der Waals surface area contributed by atoms with Crippen molar-refractivity contribution in [3.8, 4) is 5.75 Å². The fourth-order valence-electron chi connectivity index (χ4n) is 4.70. The van der Waals surface area contributed by atoms with Crippen LogP contribution in [0.5, 0.6) is 5.75 Å². The van der Waals surface area contributed by atoms with Gasteiger partial charge in [0.05, 0.1) is 5.02 Å². The molecule has 2 fully saturated rings. The van der Waals surface area contributed by atoms with Crippen molar-refractivity contribution in [3.63, 3.8) is 0 Å². The molecule has 2 atom stereocenters. The third-order valence-electron chi connectivity index (χ3n) is 5.82. The maximum Gasteiger partial charge on any atom is 0.225 e. The van der Waals surface area contributed by atoms with Gasteiger partial charge in [-0.15, -0.1) is 0 Å². The minimum absolute atomic E-state index is 0.184. The number of amides is 1. The molecular weight excluding hydrogens is 298 g/mol. The largest absolute Gasteiger partial charge is 0.506 e. The molecule has 118 valence electrons. The Bertz CT molecular complexity index is 609. The fourth-order valence-corrected chi connectivity index (χ4v) is 5.04. The standard InChI is InChI=1S/C18H22ClNO2/c19-17-15(21)6-5-12-9-14-10-13(16(12)17)7-8-20(14)18(22)11-3-1-2-4-11/h5-6,11,13-14,21H,1-4,7-10H2/t13-,14-/m1/s1. The molecular formula is C18H22ClNO2. The summed E-state index contributed by atoms with van der Waals surface area (Å²) in [5, 5.41) is 10.4. The summed E-state index contributed by atoms with van der Waals surface area (Å²) in [7, 11) is 0. The first-order valence-electron chi connectivity index (χ1n) is 8.46. The highest BCUT2D eigenvalue weighted by Crippen LogP contribution is 2.46. The quantitative estimate of drug-likeness (QED) is 0.853. The summed E-state index contributed by atoms with van der Waals surface area (Å²) in [6.07, 6.45) is 7.39. The van der Waals surface area contributed by atoms with Crippen molar-refractivity contribution in [2.75, 3.05) is 6.54 Å². The van der Waals surface area contributed by atoms with Crippen molar-refractivity contribution >= 4 is 17.5 Å². The molecule has 2 aliphatic carbocycles. The lowest BCUT2D eigenvalue weighted by Crippen LogP contribution is -2.50. The van der Waals surface area contributed by atoms with Gasteiger partial charge in [-0.05, 0) is 55.2 Å². The molecule has 0 radical (unpaired) electrons. The number of phenols is 1. The van der Waals surface area contributed by atoms with E-state index in [0.29, 0.717) is 22.9 Å². The normalized spacial score (nSPS) is 27.8. The maximum atomic E-state index is 12.8. The highest BCUT2D eigenvalue weighted by Gasteiger charge is 2.40. The van der Waals surface area contributed by atoms with Crippen molar-refractivity contribution in [2.24, 2.45) is 5.92 Å². The zero-order valence-corrected chi connectivity index (χ0v) is 13.5. The van der Waals surface area contributed by atoms with Gasteiger partial charge in [-0.25, -0.2) is 0 Å². The van der Waals surface area contributed by atoms with Crippen LogP contribution in [0.25, 0.3) is 0 Å². The Morgan fingerprint density at radius 2 is 2.00 bits per heavy atom. The van der Waals surface area contributed by atoms with Crippen LogP contribution in [0.2, 0.25) is 5.02 Å². The predicted octanol–water partition coefficient (Wildman–Crippen LogP) is 3.87. The molecule has 1 aliphatic heterocycles. The van der Waals surface area contributed by atoms with Gasteiger partial charge in [0.1, 0.15) is 5.75 Å². The molecule has 0 spiro atoms. The second-order valence-electron chi connectivity index (χ2n) is 7.06. The number of hydrogen-bond acceptors (Lipinski definition) is 2. The van der Waals surface area contributed by atoms with E-state index in [1.54, 1.807) is 6.07 Å². The van der Waals surface area contributed by atoms with Gasteiger partial charge in [-0.1, -0.05) is 30.5 Å². The van der Waals surface area contributed by atoms with Gasteiger partial charge in [0.15, 0.2) is 0 Å². The zero-order valence-electron chi connectivity index (χ0n) is 12.7. The van der Waals surface area contributed by atoms with E-state index in [2.05, 4.69) is 4.90 Å². The zero-order chi connectivity index (χ0) is 15.3. The molecule has 4 heteroatoms. The Labute approximate surface area is 136 Å². The molecule has 3 nitrogen and oxygen atoms in total. The van der Waals surface area contributed by atoms with E-state index in [1.165, 1.54) is 18.4 Å². The highest BCUT2D eigenvalue weighted by molar-refractivity contribution is 6.33. The van der Waals surface area contributed by atoms with Crippen molar-refractivity contribution in [1.29, 1.82) is 0 Å². The Morgan fingerprint density at radius 3 is 2.77 bits per heavy atom. The predicted molar refractivity (Wildman–Crippen MR) is 86.3 cm³/mol. The molecule has 1 aromatic carbocycles. The van der Waals surface area contributed by atoms with E-state index in [9.17, 15) is 9.90 Å². The minimum Gasteiger partial charge on any atom is -0.506 e. The molecule has 1 amide bonds. The van der Waals surface area contributed by atoms with Crippen LogP contribution in [-0.2, 0) is 11.2 Å². The number of rotatable bonds is 1. The number of carbonyl (C=O) groups is 1. The Balaban J connectivity index is 1.61. The first kappa shape index (κ1) is 14.4. The van der Waals surface area contributed by atoms with E-state index < -0.39 is 0 Å². The molecule has 0 unspecified atom stereocenters. The summed E-state index contributed by atoms with van der Waals surface area (Å²) in [6.45, 7) is 0.843. The Hall–Kier alpha value is -1.22. The van der Waals surface area contributed by atoms with Crippen molar-refractivity contribution in [3.05, 3.63) is 28.3 Å². The smallest absolute Gasteiger partial charge is 0.225 e. The number of hydrogen-bond donors (Lipinski definition) is 1. The molecule has 1 N–H and O–H groups in total. The van der Waals surface area contributed by atoms with E-state index in [4.69, 9.17) is 11.6 Å². The fraction of sp³-hybridized carbons (Fsp3) is 0.611. The molecule has 1 heterocycles. The topological polar surface area (TPSA) is 40.5 Å². The van der Waals surface area contributed by atoms with Gasteiger partial charge < -0.3 is 10.0 Å². The number of fused-ring (bicyclic) bond motifs is 4. The van der Waals surface area contributed by atoms with Gasteiger partial charge >= 0.3 is 0 Å². The van der Waals surface area contributed by atoms with E-state index in [0.717, 1.165) is 44.2 Å². The van der Waals surface area contributed by atoms with Crippen molar-refractivity contribution in [2.45, 2.75) is 56.9 Å². The van der Waals surface area contributed by atoms with Crippen molar-refractivity contribution < 1.29 is 9.90 Å². The van der Waals surface area contributed by atoms with Crippen LogP contribution >= 0.6 is 11.6 Å². The molecule has 22 heavy (non-hydrogen) atoms. The molecule has 3 aliphatic rings.